The molecule has 1 aliphatic heterocycles. The maximum Gasteiger partial charge on any atom is 0.201 e. The smallest absolute Gasteiger partial charge is 0.201 e. The molecule has 1 saturated heterocycles. The number of hydrogen-bond donors (Lipinski definition) is 0. The molecular formula is C30H22F4O2. The van der Waals surface area contributed by atoms with Gasteiger partial charge in [0.2, 0.25) is 5.82 Å². The van der Waals surface area contributed by atoms with Crippen LogP contribution in [-0.4, -0.2) is 6.61 Å². The van der Waals surface area contributed by atoms with Crippen LogP contribution in [-0.2, 0) is 11.3 Å². The number of allylic oxidation sites excluding steroid dienone is 1. The maximum absolute atomic E-state index is 14.8. The largest absolute Gasteiger partial charge is 0.486 e. The normalized spacial score (nSPS) is 14.9. The van der Waals surface area contributed by atoms with E-state index in [-0.39, 0.29) is 35.2 Å². The predicted octanol–water partition coefficient (Wildman–Crippen LogP) is 8.26. The molecule has 1 heterocycles. The summed E-state index contributed by atoms with van der Waals surface area (Å²) in [6.45, 7) is 2.27. The summed E-state index contributed by atoms with van der Waals surface area (Å²) in [5.74, 6) is -4.10. The minimum atomic E-state index is -1.07. The van der Waals surface area contributed by atoms with E-state index in [1.807, 2.05) is 31.2 Å². The van der Waals surface area contributed by atoms with Crippen LogP contribution in [0.5, 0.6) is 5.75 Å². The van der Waals surface area contributed by atoms with E-state index in [2.05, 4.69) is 0 Å². The van der Waals surface area contributed by atoms with Crippen LogP contribution >= 0.6 is 0 Å². The summed E-state index contributed by atoms with van der Waals surface area (Å²) < 4.78 is 68.9. The van der Waals surface area contributed by atoms with Gasteiger partial charge in [0.05, 0.1) is 6.61 Å². The van der Waals surface area contributed by atoms with Gasteiger partial charge >= 0.3 is 0 Å². The van der Waals surface area contributed by atoms with Gasteiger partial charge in [-0.3, -0.25) is 0 Å². The molecule has 1 aliphatic rings. The molecule has 5 rings (SSSR count). The standard InChI is InChI=1S/C30H22F4O2/c1-2-3-18-4-8-20(9-5-18)23-14-15-25(30(34)28(23)32)35-16-19-6-10-21(11-7-19)22-12-13-24(26-17-36-26)29(33)27(22)31/h2-15,26H,16-17H2,1H3/b3-2+. The zero-order valence-corrected chi connectivity index (χ0v) is 19.4. The minimum absolute atomic E-state index is 0.0250. The number of halogens is 4. The van der Waals surface area contributed by atoms with Crippen molar-refractivity contribution in [2.75, 3.05) is 6.61 Å². The quantitative estimate of drug-likeness (QED) is 0.192. The summed E-state index contributed by atoms with van der Waals surface area (Å²) in [6.07, 6.45) is 3.44. The lowest BCUT2D eigenvalue weighted by Gasteiger charge is -2.12. The predicted molar refractivity (Wildman–Crippen MR) is 131 cm³/mol. The molecule has 0 bridgehead atoms. The molecule has 4 aromatic rings. The summed E-state index contributed by atoms with van der Waals surface area (Å²) in [4.78, 5) is 0. The first-order valence-electron chi connectivity index (χ1n) is 11.5. The van der Waals surface area contributed by atoms with Crippen molar-refractivity contribution in [2.45, 2.75) is 19.6 Å². The van der Waals surface area contributed by atoms with Gasteiger partial charge in [0.1, 0.15) is 12.7 Å². The summed E-state index contributed by atoms with van der Waals surface area (Å²) in [5, 5.41) is 0. The molecule has 0 spiro atoms. The van der Waals surface area contributed by atoms with E-state index >= 15 is 0 Å². The van der Waals surface area contributed by atoms with E-state index in [1.165, 1.54) is 24.3 Å². The van der Waals surface area contributed by atoms with Crippen molar-refractivity contribution in [1.82, 2.24) is 0 Å². The van der Waals surface area contributed by atoms with Crippen molar-refractivity contribution >= 4 is 6.08 Å². The number of hydrogen-bond acceptors (Lipinski definition) is 2. The van der Waals surface area contributed by atoms with Crippen molar-refractivity contribution in [2.24, 2.45) is 0 Å². The van der Waals surface area contributed by atoms with Crippen LogP contribution in [0.3, 0.4) is 0 Å². The monoisotopic (exact) mass is 490 g/mol. The lowest BCUT2D eigenvalue weighted by Crippen LogP contribution is -2.00. The summed E-state index contributed by atoms with van der Waals surface area (Å²) in [5.41, 5.74) is 3.16. The molecule has 1 fully saturated rings. The molecular weight excluding hydrogens is 468 g/mol. The second-order valence-corrected chi connectivity index (χ2v) is 8.50. The summed E-state index contributed by atoms with van der Waals surface area (Å²) in [6, 6.07) is 19.6. The second-order valence-electron chi connectivity index (χ2n) is 8.50. The Morgan fingerprint density at radius 3 is 1.94 bits per heavy atom. The Balaban J connectivity index is 1.29. The molecule has 36 heavy (non-hydrogen) atoms. The van der Waals surface area contributed by atoms with Crippen LogP contribution in [0.4, 0.5) is 17.6 Å². The van der Waals surface area contributed by atoms with Crippen LogP contribution in [0, 0.1) is 23.3 Å². The first-order chi connectivity index (χ1) is 17.5. The molecule has 1 unspecified atom stereocenters. The van der Waals surface area contributed by atoms with Crippen molar-refractivity contribution < 1.29 is 27.0 Å². The third kappa shape index (κ3) is 4.77. The van der Waals surface area contributed by atoms with Crippen LogP contribution in [0.2, 0.25) is 0 Å². The molecule has 4 aromatic carbocycles. The molecule has 0 aromatic heterocycles. The second kappa shape index (κ2) is 9.99. The molecule has 1 atom stereocenters. The number of rotatable bonds is 7. The molecule has 0 amide bonds. The van der Waals surface area contributed by atoms with Crippen LogP contribution in [0.1, 0.15) is 29.7 Å². The molecule has 0 saturated carbocycles. The van der Waals surface area contributed by atoms with E-state index < -0.39 is 23.3 Å². The Bertz CT molecular complexity index is 1420. The molecule has 2 nitrogen and oxygen atoms in total. The molecule has 6 heteroatoms. The van der Waals surface area contributed by atoms with Crippen LogP contribution in [0.25, 0.3) is 28.3 Å². The van der Waals surface area contributed by atoms with Crippen molar-refractivity contribution in [3.63, 3.8) is 0 Å². The van der Waals surface area contributed by atoms with E-state index in [1.54, 1.807) is 36.4 Å². The highest BCUT2D eigenvalue weighted by Crippen LogP contribution is 2.36. The van der Waals surface area contributed by atoms with Crippen LogP contribution in [0.15, 0.2) is 78.9 Å². The van der Waals surface area contributed by atoms with E-state index in [4.69, 9.17) is 9.47 Å². The lowest BCUT2D eigenvalue weighted by atomic mass is 10.0. The Hall–Kier alpha value is -3.90. The fraction of sp³-hybridized carbons (Fsp3) is 0.133. The van der Waals surface area contributed by atoms with Gasteiger partial charge in [0, 0.05) is 16.7 Å². The first kappa shape index (κ1) is 23.8. The van der Waals surface area contributed by atoms with Gasteiger partial charge in [-0.05, 0) is 41.3 Å². The Morgan fingerprint density at radius 1 is 0.750 bits per heavy atom. The number of epoxide rings is 1. The van der Waals surface area contributed by atoms with E-state index in [0.29, 0.717) is 23.3 Å². The van der Waals surface area contributed by atoms with E-state index in [9.17, 15) is 17.6 Å². The third-order valence-electron chi connectivity index (χ3n) is 6.08. The topological polar surface area (TPSA) is 21.8 Å². The van der Waals surface area contributed by atoms with Crippen LogP contribution < -0.4 is 4.74 Å². The number of ether oxygens (including phenoxy) is 2. The zero-order valence-electron chi connectivity index (χ0n) is 19.4. The summed E-state index contributed by atoms with van der Waals surface area (Å²) >= 11 is 0. The third-order valence-corrected chi connectivity index (χ3v) is 6.08. The van der Waals surface area contributed by atoms with Crippen molar-refractivity contribution in [1.29, 1.82) is 0 Å². The molecule has 0 aliphatic carbocycles. The summed E-state index contributed by atoms with van der Waals surface area (Å²) in [7, 11) is 0. The highest BCUT2D eigenvalue weighted by atomic mass is 19.2. The van der Waals surface area contributed by atoms with Gasteiger partial charge in [-0.1, -0.05) is 72.8 Å². The molecule has 0 N–H and O–H groups in total. The van der Waals surface area contributed by atoms with Gasteiger partial charge in [0.15, 0.2) is 23.2 Å². The molecule has 182 valence electrons. The highest BCUT2D eigenvalue weighted by molar-refractivity contribution is 5.67. The Labute approximate surface area is 206 Å². The average Bonchev–Trinajstić information content (AvgIpc) is 3.73. The highest BCUT2D eigenvalue weighted by Gasteiger charge is 2.30. The maximum atomic E-state index is 14.8. The van der Waals surface area contributed by atoms with Gasteiger partial charge in [-0.25, -0.2) is 13.2 Å². The Kier molecular flexibility index (Phi) is 6.61. The first-order valence-corrected chi connectivity index (χ1v) is 11.5. The van der Waals surface area contributed by atoms with Gasteiger partial charge in [-0.2, -0.15) is 4.39 Å². The van der Waals surface area contributed by atoms with Gasteiger partial charge < -0.3 is 9.47 Å². The average molecular weight is 490 g/mol. The SMILES string of the molecule is C/C=C/c1ccc(-c2ccc(OCc3ccc(-c4ccc(C5CO5)c(F)c4F)cc3)c(F)c2F)cc1. The van der Waals surface area contributed by atoms with Crippen molar-refractivity contribution in [3.05, 3.63) is 119 Å². The van der Waals surface area contributed by atoms with Crippen molar-refractivity contribution in [3.8, 4) is 28.0 Å². The lowest BCUT2D eigenvalue weighted by molar-refractivity contribution is 0.285. The van der Waals surface area contributed by atoms with Gasteiger partial charge in [-0.15, -0.1) is 0 Å². The fourth-order valence-corrected chi connectivity index (χ4v) is 4.04. The van der Waals surface area contributed by atoms with E-state index in [0.717, 1.165) is 5.56 Å². The minimum Gasteiger partial charge on any atom is -0.486 e. The van der Waals surface area contributed by atoms with Gasteiger partial charge in [0.25, 0.3) is 0 Å². The Morgan fingerprint density at radius 2 is 1.33 bits per heavy atom. The fourth-order valence-electron chi connectivity index (χ4n) is 4.04. The zero-order chi connectivity index (χ0) is 25.2. The number of benzene rings is 4. The molecule has 0 radical (unpaired) electrons.